The Kier molecular flexibility index (Phi) is 8.77. The first-order valence-electron chi connectivity index (χ1n) is 7.68. The molecule has 0 aliphatic heterocycles. The van der Waals surface area contributed by atoms with Crippen LogP contribution in [0.25, 0.3) is 16.6 Å². The third-order valence-electron chi connectivity index (χ3n) is 2.38. The minimum absolute atomic E-state index is 0.179. The Hall–Kier alpha value is -2.10. The monoisotopic (exact) mass is 289 g/mol. The van der Waals surface area contributed by atoms with Gasteiger partial charge in [0.05, 0.1) is 16.6 Å². The molecular weight excluding hydrogens is 262 g/mol. The number of hydrogen-bond donors (Lipinski definition) is 1. The second kappa shape index (κ2) is 9.75. The largest absolute Gasteiger partial charge is 0.420 e. The number of nitrogens with zero attached hydrogens (tertiary/aromatic N) is 2. The highest BCUT2D eigenvalue weighted by molar-refractivity contribution is 5.78. The molecule has 2 heterocycles. The summed E-state index contributed by atoms with van der Waals surface area (Å²) in [5.41, 5.74) is 2.57. The van der Waals surface area contributed by atoms with E-state index in [-0.39, 0.29) is 5.55 Å². The number of hydrogen-bond acceptors (Lipinski definition) is 3. The van der Waals surface area contributed by atoms with Crippen LogP contribution in [-0.4, -0.2) is 9.61 Å². The second-order valence-corrected chi connectivity index (χ2v) is 3.48. The zero-order chi connectivity index (χ0) is 16.4. The van der Waals surface area contributed by atoms with Gasteiger partial charge in [0.25, 0.3) is 0 Å². The molecule has 2 aromatic heterocycles. The van der Waals surface area contributed by atoms with E-state index >= 15 is 0 Å². The van der Waals surface area contributed by atoms with E-state index < -0.39 is 0 Å². The molecule has 1 N–H and O–H groups in total. The van der Waals surface area contributed by atoms with Crippen molar-refractivity contribution < 1.29 is 4.42 Å². The first-order chi connectivity index (χ1) is 10.3. The van der Waals surface area contributed by atoms with E-state index in [9.17, 15) is 0 Å². The molecule has 4 nitrogen and oxygen atoms in total. The van der Waals surface area contributed by atoms with Gasteiger partial charge in [0.1, 0.15) is 0 Å². The van der Waals surface area contributed by atoms with Crippen LogP contribution < -0.4 is 5.55 Å². The van der Waals surface area contributed by atoms with Gasteiger partial charge in [0, 0.05) is 6.07 Å². The fraction of sp³-hybridized carbons (Fsp3) is 0.412. The Bertz CT molecular complexity index is 711. The molecule has 0 aliphatic rings. The number of benzene rings is 1. The summed E-state index contributed by atoms with van der Waals surface area (Å²) < 4.78 is 7.09. The van der Waals surface area contributed by atoms with Gasteiger partial charge in [-0.05, 0) is 19.1 Å². The summed E-state index contributed by atoms with van der Waals surface area (Å²) in [4.78, 5) is 0. The Morgan fingerprint density at radius 1 is 1.00 bits per heavy atom. The van der Waals surface area contributed by atoms with E-state index in [1.165, 1.54) is 0 Å². The molecule has 0 saturated heterocycles. The van der Waals surface area contributed by atoms with Crippen LogP contribution in [-0.2, 0) is 0 Å². The maximum absolute atomic E-state index is 7.75. The van der Waals surface area contributed by atoms with Crippen LogP contribution in [0.15, 0.2) is 34.7 Å². The summed E-state index contributed by atoms with van der Waals surface area (Å²) in [5, 5.41) is 12.8. The summed E-state index contributed by atoms with van der Waals surface area (Å²) in [6, 6.07) is 9.43. The van der Waals surface area contributed by atoms with Crippen LogP contribution in [0.2, 0.25) is 0 Å². The SMILES string of the molecule is CC.CC.CC.Cc1cc2oc(=N)c3ccccc3n2n1. The fourth-order valence-corrected chi connectivity index (χ4v) is 1.73. The van der Waals surface area contributed by atoms with Gasteiger partial charge < -0.3 is 4.42 Å². The van der Waals surface area contributed by atoms with Crippen LogP contribution in [0.5, 0.6) is 0 Å². The van der Waals surface area contributed by atoms with E-state index in [2.05, 4.69) is 5.10 Å². The first kappa shape index (κ1) is 18.9. The first-order valence-corrected chi connectivity index (χ1v) is 7.68. The fourth-order valence-electron chi connectivity index (χ4n) is 1.73. The Balaban J connectivity index is 0.000000598. The molecule has 0 saturated carbocycles. The molecule has 0 fully saturated rings. The van der Waals surface area contributed by atoms with Gasteiger partial charge in [-0.25, -0.2) is 0 Å². The minimum atomic E-state index is 0.179. The van der Waals surface area contributed by atoms with Crippen molar-refractivity contribution in [1.82, 2.24) is 9.61 Å². The number of nitrogens with one attached hydrogen (secondary N) is 1. The number of aryl methyl sites for hydroxylation is 1. The van der Waals surface area contributed by atoms with E-state index in [1.54, 1.807) is 4.52 Å². The normalized spacial score (nSPS) is 8.90. The Morgan fingerprint density at radius 3 is 2.19 bits per heavy atom. The van der Waals surface area contributed by atoms with Crippen LogP contribution in [0.4, 0.5) is 0 Å². The standard InChI is InChI=1S/C11H9N3O.3C2H6/c1-7-6-10-14(13-7)9-5-3-2-4-8(9)11(12)15-10;3*1-2/h2-6,12H,1H3;3*1-2H3. The highest BCUT2D eigenvalue weighted by Gasteiger charge is 2.05. The molecule has 0 bridgehead atoms. The third kappa shape index (κ3) is 4.18. The number of fused-ring (bicyclic) bond motifs is 3. The lowest BCUT2D eigenvalue weighted by Crippen LogP contribution is -2.04. The maximum atomic E-state index is 7.75. The van der Waals surface area contributed by atoms with Crippen molar-refractivity contribution in [3.63, 3.8) is 0 Å². The lowest BCUT2D eigenvalue weighted by Gasteiger charge is -1.99. The van der Waals surface area contributed by atoms with Gasteiger partial charge in [0.15, 0.2) is 0 Å². The average molecular weight is 289 g/mol. The van der Waals surface area contributed by atoms with Crippen LogP contribution in [0.3, 0.4) is 0 Å². The molecule has 4 heteroatoms. The Labute approximate surface area is 126 Å². The summed E-state index contributed by atoms with van der Waals surface area (Å²) in [6.45, 7) is 13.9. The van der Waals surface area contributed by atoms with E-state index in [1.807, 2.05) is 78.8 Å². The minimum Gasteiger partial charge on any atom is -0.420 e. The molecule has 0 spiro atoms. The molecule has 3 rings (SSSR count). The molecular formula is C17H27N3O. The number of para-hydroxylation sites is 1. The van der Waals surface area contributed by atoms with Crippen molar-refractivity contribution in [1.29, 1.82) is 5.41 Å². The van der Waals surface area contributed by atoms with Gasteiger partial charge in [0.2, 0.25) is 11.3 Å². The molecule has 0 aliphatic carbocycles. The lowest BCUT2D eigenvalue weighted by atomic mass is 10.2. The molecule has 1 aromatic carbocycles. The molecule has 116 valence electrons. The quantitative estimate of drug-likeness (QED) is 0.636. The molecule has 0 atom stereocenters. The maximum Gasteiger partial charge on any atom is 0.224 e. The van der Waals surface area contributed by atoms with Crippen LogP contribution in [0.1, 0.15) is 47.2 Å². The van der Waals surface area contributed by atoms with Crippen molar-refractivity contribution in [3.05, 3.63) is 41.6 Å². The van der Waals surface area contributed by atoms with E-state index in [4.69, 9.17) is 9.83 Å². The van der Waals surface area contributed by atoms with Crippen LogP contribution >= 0.6 is 0 Å². The number of rotatable bonds is 0. The summed E-state index contributed by atoms with van der Waals surface area (Å²) >= 11 is 0. The summed E-state index contributed by atoms with van der Waals surface area (Å²) in [5.74, 6) is 0. The zero-order valence-corrected chi connectivity index (χ0v) is 14.2. The summed E-state index contributed by atoms with van der Waals surface area (Å²) in [6.07, 6.45) is 0. The number of aromatic nitrogens is 2. The van der Waals surface area contributed by atoms with Crippen molar-refractivity contribution in [2.75, 3.05) is 0 Å². The van der Waals surface area contributed by atoms with Crippen LogP contribution in [0, 0.1) is 12.3 Å². The Morgan fingerprint density at radius 2 is 1.57 bits per heavy atom. The molecule has 0 amide bonds. The molecule has 0 radical (unpaired) electrons. The van der Waals surface area contributed by atoms with Crippen molar-refractivity contribution in [2.45, 2.75) is 48.5 Å². The molecule has 3 aromatic rings. The van der Waals surface area contributed by atoms with Gasteiger partial charge in [-0.15, -0.1) is 0 Å². The molecule has 0 unspecified atom stereocenters. The highest BCUT2D eigenvalue weighted by atomic mass is 16.3. The topological polar surface area (TPSA) is 54.3 Å². The molecule has 21 heavy (non-hydrogen) atoms. The van der Waals surface area contributed by atoms with Gasteiger partial charge in [-0.1, -0.05) is 53.7 Å². The van der Waals surface area contributed by atoms with E-state index in [0.717, 1.165) is 16.6 Å². The van der Waals surface area contributed by atoms with Gasteiger partial charge in [-0.3, -0.25) is 5.41 Å². The average Bonchev–Trinajstić information content (AvgIpc) is 2.94. The predicted octanol–water partition coefficient (Wildman–Crippen LogP) is 4.95. The smallest absolute Gasteiger partial charge is 0.224 e. The van der Waals surface area contributed by atoms with Gasteiger partial charge in [-0.2, -0.15) is 9.61 Å². The highest BCUT2D eigenvalue weighted by Crippen LogP contribution is 2.13. The predicted molar refractivity (Wildman–Crippen MR) is 89.6 cm³/mol. The second-order valence-electron chi connectivity index (χ2n) is 3.48. The van der Waals surface area contributed by atoms with E-state index in [0.29, 0.717) is 5.71 Å². The van der Waals surface area contributed by atoms with Crippen molar-refractivity contribution >= 4 is 16.6 Å². The van der Waals surface area contributed by atoms with Crippen molar-refractivity contribution in [3.8, 4) is 0 Å². The lowest BCUT2D eigenvalue weighted by molar-refractivity contribution is 0.518. The summed E-state index contributed by atoms with van der Waals surface area (Å²) in [7, 11) is 0. The third-order valence-corrected chi connectivity index (χ3v) is 2.38. The van der Waals surface area contributed by atoms with Crippen molar-refractivity contribution in [2.24, 2.45) is 0 Å². The van der Waals surface area contributed by atoms with Gasteiger partial charge >= 0.3 is 0 Å². The zero-order valence-electron chi connectivity index (χ0n) is 14.2.